The second-order valence-electron chi connectivity index (χ2n) is 6.46. The van der Waals surface area contributed by atoms with E-state index < -0.39 is 0 Å². The van der Waals surface area contributed by atoms with Gasteiger partial charge in [-0.2, -0.15) is 0 Å². The molecule has 0 saturated heterocycles. The van der Waals surface area contributed by atoms with E-state index in [1.54, 1.807) is 6.08 Å². The van der Waals surface area contributed by atoms with Gasteiger partial charge in [-0.15, -0.1) is 0 Å². The van der Waals surface area contributed by atoms with Gasteiger partial charge in [0.05, 0.1) is 0 Å². The molecule has 3 heteroatoms. The fourth-order valence-corrected chi connectivity index (χ4v) is 3.07. The molecule has 0 bridgehead atoms. The van der Waals surface area contributed by atoms with Crippen LogP contribution in [0.25, 0.3) is 16.8 Å². The zero-order valence-electron chi connectivity index (χ0n) is 15.3. The molecule has 1 amide bonds. The van der Waals surface area contributed by atoms with Gasteiger partial charge in [-0.05, 0) is 58.8 Å². The van der Waals surface area contributed by atoms with E-state index in [1.807, 2.05) is 84.9 Å². The molecule has 0 spiro atoms. The Kier molecular flexibility index (Phi) is 5.16. The molecule has 28 heavy (non-hydrogen) atoms. The molecule has 0 fully saturated rings. The Morgan fingerprint density at radius 3 is 2.11 bits per heavy atom. The van der Waals surface area contributed by atoms with E-state index in [0.717, 1.165) is 33.4 Å². The number of carbonyl (C=O) groups is 1. The number of amides is 1. The van der Waals surface area contributed by atoms with Crippen molar-refractivity contribution in [3.63, 3.8) is 0 Å². The second kappa shape index (κ2) is 8.23. The van der Waals surface area contributed by atoms with Crippen molar-refractivity contribution in [1.29, 1.82) is 0 Å². The average molecular weight is 364 g/mol. The van der Waals surface area contributed by atoms with Gasteiger partial charge in [0.1, 0.15) is 0 Å². The summed E-state index contributed by atoms with van der Waals surface area (Å²) in [6, 6.07) is 31.8. The van der Waals surface area contributed by atoms with Crippen molar-refractivity contribution in [1.82, 2.24) is 0 Å². The molecular formula is C25H20N2O. The molecule has 136 valence electrons. The van der Waals surface area contributed by atoms with Crippen LogP contribution in [0.15, 0.2) is 103 Å². The van der Waals surface area contributed by atoms with Crippen LogP contribution >= 0.6 is 0 Å². The molecule has 0 radical (unpaired) electrons. The number of nitrogens with one attached hydrogen (secondary N) is 2. The minimum absolute atomic E-state index is 0.156. The Balaban J connectivity index is 1.41. The monoisotopic (exact) mass is 364 g/mol. The van der Waals surface area contributed by atoms with Gasteiger partial charge < -0.3 is 10.6 Å². The van der Waals surface area contributed by atoms with Gasteiger partial charge in [0.2, 0.25) is 5.91 Å². The van der Waals surface area contributed by atoms with Gasteiger partial charge in [0.25, 0.3) is 0 Å². The van der Waals surface area contributed by atoms with E-state index in [2.05, 4.69) is 28.8 Å². The summed E-state index contributed by atoms with van der Waals surface area (Å²) in [6.07, 6.45) is 3.42. The summed E-state index contributed by atoms with van der Waals surface area (Å²) in [5.74, 6) is -0.156. The Morgan fingerprint density at radius 1 is 0.643 bits per heavy atom. The van der Waals surface area contributed by atoms with Crippen LogP contribution in [0.5, 0.6) is 0 Å². The molecule has 4 aromatic rings. The summed E-state index contributed by atoms with van der Waals surface area (Å²) in [5.41, 5.74) is 3.77. The van der Waals surface area contributed by atoms with Crippen LogP contribution in [0.3, 0.4) is 0 Å². The predicted octanol–water partition coefficient (Wildman–Crippen LogP) is 6.24. The molecule has 3 nitrogen and oxygen atoms in total. The number of benzene rings is 4. The van der Waals surface area contributed by atoms with Crippen LogP contribution in [-0.4, -0.2) is 5.91 Å². The smallest absolute Gasteiger partial charge is 0.248 e. The largest absolute Gasteiger partial charge is 0.356 e. The predicted molar refractivity (Wildman–Crippen MR) is 118 cm³/mol. The number of carbonyl (C=O) groups excluding carboxylic acids is 1. The van der Waals surface area contributed by atoms with Crippen molar-refractivity contribution in [2.45, 2.75) is 0 Å². The van der Waals surface area contributed by atoms with Crippen molar-refractivity contribution < 1.29 is 4.79 Å². The highest BCUT2D eigenvalue weighted by Gasteiger charge is 2.01. The number of para-hydroxylation sites is 1. The molecule has 0 aliphatic heterocycles. The third-order valence-electron chi connectivity index (χ3n) is 4.45. The first-order valence-corrected chi connectivity index (χ1v) is 9.17. The highest BCUT2D eigenvalue weighted by molar-refractivity contribution is 6.03. The molecule has 4 rings (SSSR count). The van der Waals surface area contributed by atoms with Gasteiger partial charge in [-0.25, -0.2) is 0 Å². The summed E-state index contributed by atoms with van der Waals surface area (Å²) in [5, 5.41) is 8.51. The molecule has 0 unspecified atom stereocenters. The highest BCUT2D eigenvalue weighted by Crippen LogP contribution is 2.20. The van der Waals surface area contributed by atoms with Gasteiger partial charge in [0, 0.05) is 23.1 Å². The van der Waals surface area contributed by atoms with Gasteiger partial charge >= 0.3 is 0 Å². The molecule has 0 aliphatic rings. The molecule has 0 atom stereocenters. The number of hydrogen-bond donors (Lipinski definition) is 2. The standard InChI is InChI=1S/C25H20N2O/c28-25(18-13-20-9-6-8-19-7-4-5-12-24(19)20)27-23-16-14-22(15-17-23)26-21-10-2-1-3-11-21/h1-18,26H,(H,27,28). The van der Waals surface area contributed by atoms with Gasteiger partial charge in [-0.3, -0.25) is 4.79 Å². The first kappa shape index (κ1) is 17.6. The van der Waals surface area contributed by atoms with Crippen molar-refractivity contribution in [2.24, 2.45) is 0 Å². The lowest BCUT2D eigenvalue weighted by molar-refractivity contribution is -0.111. The normalized spacial score (nSPS) is 10.9. The molecule has 0 aromatic heterocycles. The minimum Gasteiger partial charge on any atom is -0.356 e. The topological polar surface area (TPSA) is 41.1 Å². The van der Waals surface area contributed by atoms with Gasteiger partial charge in [-0.1, -0.05) is 60.7 Å². The van der Waals surface area contributed by atoms with E-state index in [-0.39, 0.29) is 5.91 Å². The Labute approximate surface area is 164 Å². The molecule has 4 aromatic carbocycles. The third-order valence-corrected chi connectivity index (χ3v) is 4.45. The Bertz CT molecular complexity index is 1110. The molecule has 2 N–H and O–H groups in total. The summed E-state index contributed by atoms with van der Waals surface area (Å²) in [6.45, 7) is 0. The van der Waals surface area contributed by atoms with Gasteiger partial charge in [0.15, 0.2) is 0 Å². The fraction of sp³-hybridized carbons (Fsp3) is 0. The van der Waals surface area contributed by atoms with E-state index in [1.165, 1.54) is 0 Å². The van der Waals surface area contributed by atoms with E-state index in [4.69, 9.17) is 0 Å². The second-order valence-corrected chi connectivity index (χ2v) is 6.46. The molecular weight excluding hydrogens is 344 g/mol. The number of anilines is 3. The maximum absolute atomic E-state index is 12.3. The van der Waals surface area contributed by atoms with Crippen LogP contribution in [0, 0.1) is 0 Å². The minimum atomic E-state index is -0.156. The van der Waals surface area contributed by atoms with Crippen LogP contribution in [0.2, 0.25) is 0 Å². The summed E-state index contributed by atoms with van der Waals surface area (Å²) < 4.78 is 0. The summed E-state index contributed by atoms with van der Waals surface area (Å²) in [4.78, 5) is 12.3. The summed E-state index contributed by atoms with van der Waals surface area (Å²) in [7, 11) is 0. The van der Waals surface area contributed by atoms with Crippen LogP contribution in [-0.2, 0) is 4.79 Å². The van der Waals surface area contributed by atoms with E-state index in [9.17, 15) is 4.79 Å². The quantitative estimate of drug-likeness (QED) is 0.412. The first-order chi connectivity index (χ1) is 13.8. The van der Waals surface area contributed by atoms with E-state index >= 15 is 0 Å². The number of hydrogen-bond acceptors (Lipinski definition) is 2. The molecule has 0 saturated carbocycles. The van der Waals surface area contributed by atoms with Crippen LogP contribution in [0.4, 0.5) is 17.1 Å². The lowest BCUT2D eigenvalue weighted by Gasteiger charge is -2.08. The zero-order chi connectivity index (χ0) is 19.2. The highest BCUT2D eigenvalue weighted by atomic mass is 16.1. The third kappa shape index (κ3) is 4.27. The Morgan fingerprint density at radius 2 is 1.29 bits per heavy atom. The molecule has 0 heterocycles. The average Bonchev–Trinajstić information content (AvgIpc) is 2.74. The van der Waals surface area contributed by atoms with Crippen molar-refractivity contribution in [3.05, 3.63) is 109 Å². The Hall–Kier alpha value is -3.85. The number of fused-ring (bicyclic) bond motifs is 1. The first-order valence-electron chi connectivity index (χ1n) is 9.17. The zero-order valence-corrected chi connectivity index (χ0v) is 15.3. The van der Waals surface area contributed by atoms with Crippen LogP contribution in [0.1, 0.15) is 5.56 Å². The fourth-order valence-electron chi connectivity index (χ4n) is 3.07. The van der Waals surface area contributed by atoms with Crippen LogP contribution < -0.4 is 10.6 Å². The lowest BCUT2D eigenvalue weighted by atomic mass is 10.0. The van der Waals surface area contributed by atoms with E-state index in [0.29, 0.717) is 0 Å². The van der Waals surface area contributed by atoms with Crippen molar-refractivity contribution in [3.8, 4) is 0 Å². The number of rotatable bonds is 5. The van der Waals surface area contributed by atoms with Crippen molar-refractivity contribution in [2.75, 3.05) is 10.6 Å². The SMILES string of the molecule is O=C(C=Cc1cccc2ccccc12)Nc1ccc(Nc2ccccc2)cc1. The summed E-state index contributed by atoms with van der Waals surface area (Å²) >= 11 is 0. The molecule has 0 aliphatic carbocycles. The maximum atomic E-state index is 12.3. The lowest BCUT2D eigenvalue weighted by Crippen LogP contribution is -2.07. The van der Waals surface area contributed by atoms with Crippen molar-refractivity contribution >= 4 is 39.8 Å². The maximum Gasteiger partial charge on any atom is 0.248 e.